The Morgan fingerprint density at radius 2 is 2.31 bits per heavy atom. The largest absolute Gasteiger partial charge is 0.360 e. The summed E-state index contributed by atoms with van der Waals surface area (Å²) in [6, 6.07) is 0.357. The first-order chi connectivity index (χ1) is 7.71. The summed E-state index contributed by atoms with van der Waals surface area (Å²) >= 11 is 0. The number of halogens is 1. The van der Waals surface area contributed by atoms with Crippen LogP contribution in [0.5, 0.6) is 0 Å². The lowest BCUT2D eigenvalue weighted by Crippen LogP contribution is -2.64. The van der Waals surface area contributed by atoms with E-state index in [2.05, 4.69) is 5.32 Å². The summed E-state index contributed by atoms with van der Waals surface area (Å²) in [5.74, 6) is 0.0267. The molecule has 0 bridgehead atoms. The van der Waals surface area contributed by atoms with E-state index in [9.17, 15) is 9.18 Å². The first-order valence-electron chi connectivity index (χ1n) is 5.99. The second-order valence-corrected chi connectivity index (χ2v) is 5.03. The second-order valence-electron chi connectivity index (χ2n) is 5.03. The van der Waals surface area contributed by atoms with E-state index in [0.29, 0.717) is 25.6 Å². The molecule has 3 fully saturated rings. The van der Waals surface area contributed by atoms with Gasteiger partial charge in [-0.05, 0) is 25.8 Å². The van der Waals surface area contributed by atoms with Gasteiger partial charge in [-0.3, -0.25) is 4.79 Å². The lowest BCUT2D eigenvalue weighted by Gasteiger charge is -2.46. The molecule has 1 N–H and O–H groups in total. The Hall–Kier alpha value is -0.680. The van der Waals surface area contributed by atoms with Crippen molar-refractivity contribution in [1.82, 2.24) is 10.2 Å². The monoisotopic (exact) mass is 228 g/mol. The summed E-state index contributed by atoms with van der Waals surface area (Å²) in [6.07, 6.45) is 1.79. The van der Waals surface area contributed by atoms with Gasteiger partial charge in [0.25, 0.3) is 0 Å². The number of hydrogen-bond donors (Lipinski definition) is 1. The molecule has 1 aliphatic carbocycles. The second kappa shape index (κ2) is 3.67. The highest BCUT2D eigenvalue weighted by Crippen LogP contribution is 2.36. The number of morpholine rings is 1. The molecule has 2 saturated heterocycles. The van der Waals surface area contributed by atoms with Crippen molar-refractivity contribution in [2.24, 2.45) is 0 Å². The highest BCUT2D eigenvalue weighted by atomic mass is 19.1. The number of carbonyl (C=O) groups is 1. The summed E-state index contributed by atoms with van der Waals surface area (Å²) in [6.45, 7) is 1.61. The maximum atomic E-state index is 14.0. The van der Waals surface area contributed by atoms with Crippen LogP contribution in [0.4, 0.5) is 4.39 Å². The molecule has 0 aromatic heterocycles. The first kappa shape index (κ1) is 10.5. The van der Waals surface area contributed by atoms with Crippen molar-refractivity contribution >= 4 is 5.91 Å². The summed E-state index contributed by atoms with van der Waals surface area (Å²) in [5, 5.41) is 3.02. The third-order valence-corrected chi connectivity index (χ3v) is 3.85. The van der Waals surface area contributed by atoms with Gasteiger partial charge in [0.15, 0.2) is 0 Å². The third kappa shape index (κ3) is 1.62. The number of alkyl halides is 1. The van der Waals surface area contributed by atoms with Gasteiger partial charge in [0.1, 0.15) is 18.4 Å². The maximum Gasteiger partial charge on any atom is 0.248 e. The average Bonchev–Trinajstić information content (AvgIpc) is 3.10. The van der Waals surface area contributed by atoms with Crippen LogP contribution in [0, 0.1) is 0 Å². The Bertz CT molecular complexity index is 308. The minimum atomic E-state index is -1.00. The van der Waals surface area contributed by atoms with E-state index < -0.39 is 11.8 Å². The van der Waals surface area contributed by atoms with E-state index in [1.807, 2.05) is 4.90 Å². The molecule has 5 heteroatoms. The normalized spacial score (nSPS) is 40.4. The summed E-state index contributed by atoms with van der Waals surface area (Å²) in [4.78, 5) is 13.5. The highest BCUT2D eigenvalue weighted by Gasteiger charge is 2.50. The molecule has 2 heterocycles. The Balaban J connectivity index is 1.77. The molecule has 1 spiro atoms. The molecule has 3 rings (SSSR count). The molecular weight excluding hydrogens is 211 g/mol. The van der Waals surface area contributed by atoms with Crippen molar-refractivity contribution in [2.75, 3.05) is 26.2 Å². The molecule has 0 unspecified atom stereocenters. The molecular formula is C11H17FN2O2. The standard InChI is InChI=1S/C11H17FN2O2/c12-9-5-13-4-3-11(9)7-14(8-1-2-8)10(15)6-16-11/h8-9,13H,1-7H2/t9-,11+/m1/s1. The smallest absolute Gasteiger partial charge is 0.248 e. The quantitative estimate of drug-likeness (QED) is 0.691. The maximum absolute atomic E-state index is 14.0. The zero-order valence-electron chi connectivity index (χ0n) is 9.25. The van der Waals surface area contributed by atoms with Crippen LogP contribution >= 0.6 is 0 Å². The van der Waals surface area contributed by atoms with Crippen LogP contribution < -0.4 is 5.32 Å². The number of carbonyl (C=O) groups excluding carboxylic acids is 1. The van der Waals surface area contributed by atoms with Crippen molar-refractivity contribution in [3.63, 3.8) is 0 Å². The minimum absolute atomic E-state index is 0.0267. The molecule has 1 saturated carbocycles. The van der Waals surface area contributed by atoms with Crippen molar-refractivity contribution in [3.05, 3.63) is 0 Å². The van der Waals surface area contributed by atoms with Crippen LogP contribution in [0.3, 0.4) is 0 Å². The zero-order valence-corrected chi connectivity index (χ0v) is 9.25. The van der Waals surface area contributed by atoms with Gasteiger partial charge in [0.05, 0.1) is 6.54 Å². The number of ether oxygens (including phenoxy) is 1. The van der Waals surface area contributed by atoms with E-state index in [-0.39, 0.29) is 12.5 Å². The molecule has 90 valence electrons. The topological polar surface area (TPSA) is 41.6 Å². The predicted octanol–water partition coefficient (Wildman–Crippen LogP) is 0.0778. The van der Waals surface area contributed by atoms with E-state index in [1.54, 1.807) is 0 Å². The van der Waals surface area contributed by atoms with Crippen molar-refractivity contribution < 1.29 is 13.9 Å². The third-order valence-electron chi connectivity index (χ3n) is 3.85. The van der Waals surface area contributed by atoms with Crippen LogP contribution in [0.1, 0.15) is 19.3 Å². The summed E-state index contributed by atoms with van der Waals surface area (Å²) < 4.78 is 19.5. The SMILES string of the molecule is O=C1CO[C@@]2(CCNC[C@H]2F)CN1C1CC1. The number of hydrogen-bond acceptors (Lipinski definition) is 3. The van der Waals surface area contributed by atoms with Gasteiger partial charge in [0, 0.05) is 12.6 Å². The van der Waals surface area contributed by atoms with E-state index >= 15 is 0 Å². The number of rotatable bonds is 1. The van der Waals surface area contributed by atoms with Gasteiger partial charge < -0.3 is 15.0 Å². The fraction of sp³-hybridized carbons (Fsp3) is 0.909. The predicted molar refractivity (Wildman–Crippen MR) is 55.8 cm³/mol. The average molecular weight is 228 g/mol. The van der Waals surface area contributed by atoms with Gasteiger partial charge in [-0.15, -0.1) is 0 Å². The molecule has 4 nitrogen and oxygen atoms in total. The Kier molecular flexibility index (Phi) is 2.40. The van der Waals surface area contributed by atoms with Gasteiger partial charge in [-0.2, -0.15) is 0 Å². The Labute approximate surface area is 94.1 Å². The van der Waals surface area contributed by atoms with Gasteiger partial charge in [0.2, 0.25) is 5.91 Å². The first-order valence-corrected chi connectivity index (χ1v) is 5.99. The molecule has 0 aromatic carbocycles. The molecule has 1 amide bonds. The summed E-state index contributed by atoms with van der Waals surface area (Å²) in [7, 11) is 0. The summed E-state index contributed by atoms with van der Waals surface area (Å²) in [5.41, 5.74) is -0.734. The number of amides is 1. The van der Waals surface area contributed by atoms with Crippen LogP contribution in [-0.4, -0.2) is 54.9 Å². The fourth-order valence-electron chi connectivity index (χ4n) is 2.64. The lowest BCUT2D eigenvalue weighted by molar-refractivity contribution is -0.181. The lowest BCUT2D eigenvalue weighted by atomic mass is 9.88. The Morgan fingerprint density at radius 1 is 1.50 bits per heavy atom. The Morgan fingerprint density at radius 3 is 3.00 bits per heavy atom. The van der Waals surface area contributed by atoms with Crippen LogP contribution in [0.25, 0.3) is 0 Å². The van der Waals surface area contributed by atoms with Crippen LogP contribution in [-0.2, 0) is 9.53 Å². The van der Waals surface area contributed by atoms with E-state index in [0.717, 1.165) is 19.4 Å². The number of piperidine rings is 1. The van der Waals surface area contributed by atoms with Crippen molar-refractivity contribution in [3.8, 4) is 0 Å². The number of nitrogens with one attached hydrogen (secondary N) is 1. The van der Waals surface area contributed by atoms with Crippen molar-refractivity contribution in [1.29, 1.82) is 0 Å². The molecule has 2 aliphatic heterocycles. The minimum Gasteiger partial charge on any atom is -0.360 e. The van der Waals surface area contributed by atoms with E-state index in [1.165, 1.54) is 0 Å². The molecule has 16 heavy (non-hydrogen) atoms. The molecule has 0 radical (unpaired) electrons. The van der Waals surface area contributed by atoms with Crippen LogP contribution in [0.15, 0.2) is 0 Å². The van der Waals surface area contributed by atoms with Crippen LogP contribution in [0.2, 0.25) is 0 Å². The molecule has 0 aromatic rings. The molecule has 2 atom stereocenters. The van der Waals surface area contributed by atoms with Gasteiger partial charge in [-0.1, -0.05) is 0 Å². The van der Waals surface area contributed by atoms with Gasteiger partial charge in [-0.25, -0.2) is 4.39 Å². The zero-order chi connectivity index (χ0) is 11.2. The van der Waals surface area contributed by atoms with E-state index in [4.69, 9.17) is 4.74 Å². The number of nitrogens with zero attached hydrogens (tertiary/aromatic N) is 1. The van der Waals surface area contributed by atoms with Crippen molar-refractivity contribution in [2.45, 2.75) is 37.1 Å². The fourth-order valence-corrected chi connectivity index (χ4v) is 2.64. The highest BCUT2D eigenvalue weighted by molar-refractivity contribution is 5.79. The van der Waals surface area contributed by atoms with Gasteiger partial charge >= 0.3 is 0 Å². The molecule has 3 aliphatic rings.